The van der Waals surface area contributed by atoms with Crippen molar-refractivity contribution < 1.29 is 23.8 Å². The van der Waals surface area contributed by atoms with Crippen LogP contribution in [0.25, 0.3) is 22.3 Å². The molecule has 166 valence electrons. The van der Waals surface area contributed by atoms with Gasteiger partial charge in [0, 0.05) is 43.3 Å². The molecule has 0 aliphatic carbocycles. The number of imide groups is 1. The molecule has 4 aromatic rings. The molecule has 0 saturated carbocycles. The minimum absolute atomic E-state index is 0.194. The van der Waals surface area contributed by atoms with Gasteiger partial charge in [0.25, 0.3) is 11.8 Å². The second-order valence-corrected chi connectivity index (χ2v) is 7.29. The molecule has 5 rings (SSSR count). The standard InChI is InChI=1S/C23H19N5O5/c1-27-21-18(19(26-27)12-6-5-7-24-10-12)17-14(11-25-21)22(29)28(23(17)30)13-8-15(31-2)20(33-4)16(9-13)32-3/h5-11H,1-4H3. The van der Waals surface area contributed by atoms with Crippen LogP contribution >= 0.6 is 0 Å². The number of ether oxygens (including phenoxy) is 3. The lowest BCUT2D eigenvalue weighted by Gasteiger charge is -2.18. The molecule has 0 atom stereocenters. The summed E-state index contributed by atoms with van der Waals surface area (Å²) in [4.78, 5) is 36.7. The van der Waals surface area contributed by atoms with Crippen molar-refractivity contribution in [1.82, 2.24) is 19.7 Å². The lowest BCUT2D eigenvalue weighted by atomic mass is 10.0. The zero-order valence-electron chi connectivity index (χ0n) is 18.3. The van der Waals surface area contributed by atoms with Crippen LogP contribution in [0, 0.1) is 0 Å². The Morgan fingerprint density at radius 3 is 2.27 bits per heavy atom. The largest absolute Gasteiger partial charge is 0.493 e. The van der Waals surface area contributed by atoms with Gasteiger partial charge < -0.3 is 14.2 Å². The first-order valence-electron chi connectivity index (χ1n) is 9.95. The quantitative estimate of drug-likeness (QED) is 0.432. The van der Waals surface area contributed by atoms with E-state index in [1.165, 1.54) is 27.5 Å². The van der Waals surface area contributed by atoms with E-state index in [0.29, 0.717) is 39.5 Å². The Morgan fingerprint density at radius 1 is 0.939 bits per heavy atom. The van der Waals surface area contributed by atoms with Crippen molar-refractivity contribution in [3.8, 4) is 28.5 Å². The second-order valence-electron chi connectivity index (χ2n) is 7.29. The topological polar surface area (TPSA) is 109 Å². The number of aromatic nitrogens is 4. The van der Waals surface area contributed by atoms with Crippen LogP contribution in [0.5, 0.6) is 17.2 Å². The molecular weight excluding hydrogens is 426 g/mol. The van der Waals surface area contributed by atoms with Gasteiger partial charge in [0.05, 0.1) is 43.5 Å². The van der Waals surface area contributed by atoms with Crippen molar-refractivity contribution in [2.75, 3.05) is 26.2 Å². The number of benzene rings is 1. The Morgan fingerprint density at radius 2 is 1.67 bits per heavy atom. The Bertz CT molecular complexity index is 1410. The van der Waals surface area contributed by atoms with Crippen molar-refractivity contribution in [1.29, 1.82) is 0 Å². The second kappa shape index (κ2) is 7.59. The lowest BCUT2D eigenvalue weighted by Crippen LogP contribution is -2.29. The molecule has 0 fully saturated rings. The van der Waals surface area contributed by atoms with Crippen LogP contribution in [0.3, 0.4) is 0 Å². The molecule has 10 nitrogen and oxygen atoms in total. The van der Waals surface area contributed by atoms with E-state index in [-0.39, 0.29) is 16.8 Å². The highest BCUT2D eigenvalue weighted by molar-refractivity contribution is 6.38. The van der Waals surface area contributed by atoms with Crippen LogP contribution in [-0.4, -0.2) is 52.9 Å². The number of carbonyl (C=O) groups is 2. The number of rotatable bonds is 5. The molecule has 1 aliphatic heterocycles. The van der Waals surface area contributed by atoms with E-state index in [1.807, 2.05) is 6.07 Å². The molecule has 2 amide bonds. The summed E-state index contributed by atoms with van der Waals surface area (Å²) in [6.07, 6.45) is 4.71. The minimum atomic E-state index is -0.500. The molecular formula is C23H19N5O5. The summed E-state index contributed by atoms with van der Waals surface area (Å²) < 4.78 is 17.7. The summed E-state index contributed by atoms with van der Waals surface area (Å²) in [6, 6.07) is 6.73. The summed E-state index contributed by atoms with van der Waals surface area (Å²) in [5.74, 6) is 0.0122. The summed E-state index contributed by atoms with van der Waals surface area (Å²) in [5.41, 5.74) is 2.45. The lowest BCUT2D eigenvalue weighted by molar-refractivity contribution is 0.0926. The number of amides is 2. The highest BCUT2D eigenvalue weighted by Gasteiger charge is 2.41. The zero-order valence-corrected chi connectivity index (χ0v) is 18.3. The first-order valence-corrected chi connectivity index (χ1v) is 9.95. The van der Waals surface area contributed by atoms with Crippen LogP contribution < -0.4 is 19.1 Å². The fourth-order valence-electron chi connectivity index (χ4n) is 4.06. The molecule has 3 aromatic heterocycles. The fourth-order valence-corrected chi connectivity index (χ4v) is 4.06. The summed E-state index contributed by atoms with van der Waals surface area (Å²) >= 11 is 0. The predicted octanol–water partition coefficient (Wildman–Crippen LogP) is 2.86. The number of methoxy groups -OCH3 is 3. The van der Waals surface area contributed by atoms with E-state index in [4.69, 9.17) is 14.2 Å². The van der Waals surface area contributed by atoms with Gasteiger partial charge in [-0.05, 0) is 12.1 Å². The number of hydrogen-bond donors (Lipinski definition) is 0. The van der Waals surface area contributed by atoms with E-state index in [2.05, 4.69) is 15.1 Å². The van der Waals surface area contributed by atoms with E-state index in [0.717, 1.165) is 4.90 Å². The van der Waals surface area contributed by atoms with Crippen LogP contribution in [0.4, 0.5) is 5.69 Å². The molecule has 0 saturated heterocycles. The fraction of sp³-hybridized carbons (Fsp3) is 0.174. The van der Waals surface area contributed by atoms with Gasteiger partial charge in [0.2, 0.25) is 5.75 Å². The van der Waals surface area contributed by atoms with E-state index in [9.17, 15) is 9.59 Å². The molecule has 0 radical (unpaired) electrons. The highest BCUT2D eigenvalue weighted by atomic mass is 16.5. The van der Waals surface area contributed by atoms with Crippen molar-refractivity contribution in [2.45, 2.75) is 0 Å². The molecule has 0 unspecified atom stereocenters. The van der Waals surface area contributed by atoms with Gasteiger partial charge in [0.1, 0.15) is 5.69 Å². The van der Waals surface area contributed by atoms with Crippen LogP contribution in [-0.2, 0) is 7.05 Å². The van der Waals surface area contributed by atoms with Crippen molar-refractivity contribution in [3.05, 3.63) is 54.0 Å². The molecule has 0 bridgehead atoms. The number of carbonyl (C=O) groups excluding carboxylic acids is 2. The van der Waals surface area contributed by atoms with Gasteiger partial charge in [0.15, 0.2) is 17.1 Å². The third-order valence-corrected chi connectivity index (χ3v) is 5.55. The number of aryl methyl sites for hydroxylation is 1. The SMILES string of the molecule is COc1cc(N2C(=O)c3cnc4c(c(-c5cccnc5)nn4C)c3C2=O)cc(OC)c1OC. The highest BCUT2D eigenvalue weighted by Crippen LogP contribution is 2.43. The Balaban J connectivity index is 1.73. The summed E-state index contributed by atoms with van der Waals surface area (Å²) in [5, 5.41) is 5.04. The average Bonchev–Trinajstić information content (AvgIpc) is 3.32. The summed E-state index contributed by atoms with van der Waals surface area (Å²) in [6.45, 7) is 0. The maximum atomic E-state index is 13.7. The van der Waals surface area contributed by atoms with Crippen LogP contribution in [0.2, 0.25) is 0 Å². The maximum absolute atomic E-state index is 13.7. The number of anilines is 1. The molecule has 33 heavy (non-hydrogen) atoms. The molecule has 1 aliphatic rings. The normalized spacial score (nSPS) is 12.9. The molecule has 10 heteroatoms. The van der Waals surface area contributed by atoms with Gasteiger partial charge in [-0.1, -0.05) is 0 Å². The third kappa shape index (κ3) is 2.91. The van der Waals surface area contributed by atoms with Gasteiger partial charge >= 0.3 is 0 Å². The first-order chi connectivity index (χ1) is 16.0. The Labute approximate surface area is 188 Å². The van der Waals surface area contributed by atoms with Crippen molar-refractivity contribution >= 4 is 28.5 Å². The van der Waals surface area contributed by atoms with Crippen LogP contribution in [0.1, 0.15) is 20.7 Å². The third-order valence-electron chi connectivity index (χ3n) is 5.55. The summed E-state index contributed by atoms with van der Waals surface area (Å²) in [7, 11) is 6.14. The number of hydrogen-bond acceptors (Lipinski definition) is 8. The van der Waals surface area contributed by atoms with E-state index < -0.39 is 11.8 Å². The smallest absolute Gasteiger partial charge is 0.267 e. The van der Waals surface area contributed by atoms with Gasteiger partial charge in [-0.15, -0.1) is 0 Å². The first kappa shape index (κ1) is 20.4. The molecule has 0 spiro atoms. The van der Waals surface area contributed by atoms with Gasteiger partial charge in [-0.3, -0.25) is 14.6 Å². The van der Waals surface area contributed by atoms with Crippen molar-refractivity contribution in [3.63, 3.8) is 0 Å². The number of nitrogens with zero attached hydrogens (tertiary/aromatic N) is 5. The van der Waals surface area contributed by atoms with E-state index >= 15 is 0 Å². The Kier molecular flexibility index (Phi) is 4.70. The molecule has 1 aromatic carbocycles. The Hall–Kier alpha value is -4.47. The number of pyridine rings is 2. The van der Waals surface area contributed by atoms with Gasteiger partial charge in [-0.25, -0.2) is 14.6 Å². The van der Waals surface area contributed by atoms with Gasteiger partial charge in [-0.2, -0.15) is 5.10 Å². The minimum Gasteiger partial charge on any atom is -0.493 e. The van der Waals surface area contributed by atoms with Crippen molar-refractivity contribution in [2.24, 2.45) is 7.05 Å². The monoisotopic (exact) mass is 445 g/mol. The van der Waals surface area contributed by atoms with E-state index in [1.54, 1.807) is 42.3 Å². The molecule has 4 heterocycles. The number of fused-ring (bicyclic) bond motifs is 3. The predicted molar refractivity (Wildman–Crippen MR) is 119 cm³/mol. The zero-order chi connectivity index (χ0) is 23.3. The maximum Gasteiger partial charge on any atom is 0.267 e. The van der Waals surface area contributed by atoms with Crippen LogP contribution in [0.15, 0.2) is 42.9 Å². The average molecular weight is 445 g/mol. The molecule has 0 N–H and O–H groups in total.